The van der Waals surface area contributed by atoms with Gasteiger partial charge in [0.25, 0.3) is 0 Å². The van der Waals surface area contributed by atoms with Crippen molar-refractivity contribution in [3.8, 4) is 22.4 Å². The first kappa shape index (κ1) is 12.0. The Kier molecular flexibility index (Phi) is 3.31. The van der Waals surface area contributed by atoms with Crippen molar-refractivity contribution in [3.63, 3.8) is 0 Å². The van der Waals surface area contributed by atoms with Crippen LogP contribution in [0.3, 0.4) is 0 Å². The van der Waals surface area contributed by atoms with Crippen LogP contribution < -0.4 is 4.57 Å². The number of aryl methyl sites for hydroxylation is 3. The molecule has 3 aromatic rings. The summed E-state index contributed by atoms with van der Waals surface area (Å²) in [5, 5.41) is 0. The quantitative estimate of drug-likeness (QED) is 0.554. The van der Waals surface area contributed by atoms with Crippen molar-refractivity contribution in [2.24, 2.45) is 7.05 Å². The molecule has 0 aliphatic heterocycles. The maximum Gasteiger partial charge on any atom is 0.212 e. The minimum Gasteiger partial charge on any atom is -0.201 e. The van der Waals surface area contributed by atoms with Crippen molar-refractivity contribution in [1.29, 1.82) is 0 Å². The normalized spacial score (nSPS) is 14.5. The second-order valence-electron chi connectivity index (χ2n) is 6.49. The second-order valence-corrected chi connectivity index (χ2v) is 6.49. The van der Waals surface area contributed by atoms with Crippen LogP contribution in [0.1, 0.15) is 41.9 Å². The largest absolute Gasteiger partial charge is 0.212 e. The van der Waals surface area contributed by atoms with E-state index in [1.807, 2.05) is 87.1 Å². The molecule has 0 N–H and O–H groups in total. The lowest BCUT2D eigenvalue weighted by molar-refractivity contribution is -0.660. The molecule has 24 heavy (non-hydrogen) atoms. The van der Waals surface area contributed by atoms with E-state index in [0.29, 0.717) is 5.56 Å². The molecule has 0 atom stereocenters. The van der Waals surface area contributed by atoms with Gasteiger partial charge in [0.05, 0.1) is 0 Å². The van der Waals surface area contributed by atoms with Gasteiger partial charge in [-0.15, -0.1) is 0 Å². The number of rotatable bonds is 3. The summed E-state index contributed by atoms with van der Waals surface area (Å²) in [7, 11) is 1.97. The zero-order chi connectivity index (χ0) is 20.7. The summed E-state index contributed by atoms with van der Waals surface area (Å²) in [5.74, 6) is -0.711. The molecule has 0 aliphatic carbocycles. The number of aromatic nitrogens is 1. The van der Waals surface area contributed by atoms with Crippen LogP contribution in [0.4, 0.5) is 0 Å². The SMILES string of the molecule is [2H]C([2H])([2H])c1cc(C)c(-c2cc(C([2H])(C)C)cc[n+]2C)cc1-c1ccccc1. The smallest absolute Gasteiger partial charge is 0.201 e. The Labute approximate surface area is 151 Å². The van der Waals surface area contributed by atoms with Crippen molar-refractivity contribution in [2.45, 2.75) is 33.5 Å². The van der Waals surface area contributed by atoms with Gasteiger partial charge >= 0.3 is 0 Å². The Bertz CT molecular complexity index is 1000. The van der Waals surface area contributed by atoms with Crippen LogP contribution in [0, 0.1) is 13.8 Å². The Morgan fingerprint density at radius 2 is 1.71 bits per heavy atom. The fourth-order valence-electron chi connectivity index (χ4n) is 2.99. The van der Waals surface area contributed by atoms with E-state index in [1.54, 1.807) is 6.07 Å². The average Bonchev–Trinajstić information content (AvgIpc) is 2.61. The van der Waals surface area contributed by atoms with Gasteiger partial charge in [0, 0.05) is 23.2 Å². The van der Waals surface area contributed by atoms with E-state index in [2.05, 4.69) is 0 Å². The predicted octanol–water partition coefficient (Wildman–Crippen LogP) is 5.59. The first-order valence-electron chi connectivity index (χ1n) is 10.2. The van der Waals surface area contributed by atoms with Gasteiger partial charge in [-0.2, -0.15) is 0 Å². The van der Waals surface area contributed by atoms with Crippen LogP contribution in [0.15, 0.2) is 60.8 Å². The lowest BCUT2D eigenvalue weighted by Crippen LogP contribution is -2.31. The molecule has 1 nitrogen and oxygen atoms in total. The molecule has 0 aliphatic rings. The molecule has 0 radical (unpaired) electrons. The molecule has 122 valence electrons. The van der Waals surface area contributed by atoms with Gasteiger partial charge in [0.1, 0.15) is 7.05 Å². The van der Waals surface area contributed by atoms with E-state index < -0.39 is 12.7 Å². The molecule has 1 aromatic heterocycles. The van der Waals surface area contributed by atoms with Crippen LogP contribution in [-0.2, 0) is 7.05 Å². The summed E-state index contributed by atoms with van der Waals surface area (Å²) >= 11 is 0. The fraction of sp³-hybridized carbons (Fsp3) is 0.261. The number of nitrogens with zero attached hydrogens (tertiary/aromatic N) is 1. The van der Waals surface area contributed by atoms with E-state index in [-0.39, 0.29) is 0 Å². The molecule has 0 bridgehead atoms. The Hall–Kier alpha value is -2.41. The van der Waals surface area contributed by atoms with Gasteiger partial charge in [-0.05, 0) is 53.6 Å². The summed E-state index contributed by atoms with van der Waals surface area (Å²) in [4.78, 5) is 0. The molecule has 1 heteroatoms. The van der Waals surface area contributed by atoms with Crippen LogP contribution in [-0.4, -0.2) is 0 Å². The van der Waals surface area contributed by atoms with Crippen LogP contribution in [0.25, 0.3) is 22.4 Å². The maximum absolute atomic E-state index is 8.37. The van der Waals surface area contributed by atoms with Gasteiger partial charge in [-0.25, -0.2) is 4.57 Å². The second kappa shape index (κ2) is 6.60. The topological polar surface area (TPSA) is 3.88 Å². The third-order valence-corrected chi connectivity index (χ3v) is 4.45. The zero-order valence-corrected chi connectivity index (χ0v) is 14.7. The van der Waals surface area contributed by atoms with Gasteiger partial charge in [-0.3, -0.25) is 0 Å². The number of hydrogen-bond donors (Lipinski definition) is 0. The molecular formula is C23H26N+. The molecular weight excluding hydrogens is 290 g/mol. The summed E-state index contributed by atoms with van der Waals surface area (Å²) in [6.07, 6.45) is 1.96. The molecule has 2 aromatic carbocycles. The highest BCUT2D eigenvalue weighted by Crippen LogP contribution is 2.31. The van der Waals surface area contributed by atoms with E-state index in [4.69, 9.17) is 5.48 Å². The highest BCUT2D eigenvalue weighted by atomic mass is 14.9. The number of benzene rings is 2. The zero-order valence-electron chi connectivity index (χ0n) is 18.7. The van der Waals surface area contributed by atoms with Crippen LogP contribution >= 0.6 is 0 Å². The van der Waals surface area contributed by atoms with Crippen molar-refractivity contribution >= 4 is 0 Å². The minimum absolute atomic E-state index is 0.361. The molecule has 0 unspecified atom stereocenters. The minimum atomic E-state index is -2.19. The van der Waals surface area contributed by atoms with Gasteiger partial charge in [0.15, 0.2) is 6.20 Å². The van der Waals surface area contributed by atoms with Crippen molar-refractivity contribution < 1.29 is 10.1 Å². The highest BCUT2D eigenvalue weighted by molar-refractivity contribution is 5.75. The van der Waals surface area contributed by atoms with Gasteiger partial charge in [-0.1, -0.05) is 50.2 Å². The monoisotopic (exact) mass is 320 g/mol. The van der Waals surface area contributed by atoms with E-state index in [9.17, 15) is 0 Å². The maximum atomic E-state index is 8.37. The van der Waals surface area contributed by atoms with E-state index in [1.165, 1.54) is 0 Å². The average molecular weight is 320 g/mol. The predicted molar refractivity (Wildman–Crippen MR) is 102 cm³/mol. The molecule has 1 heterocycles. The van der Waals surface area contributed by atoms with Crippen molar-refractivity contribution in [1.82, 2.24) is 0 Å². The third kappa shape index (κ3) is 3.12. The first-order valence-corrected chi connectivity index (χ1v) is 8.19. The molecule has 3 rings (SSSR count). The molecule has 0 amide bonds. The number of pyridine rings is 1. The number of hydrogen-bond acceptors (Lipinski definition) is 0. The summed E-state index contributed by atoms with van der Waals surface area (Å²) in [6.45, 7) is 3.48. The molecule has 0 saturated carbocycles. The summed E-state index contributed by atoms with van der Waals surface area (Å²) in [6, 6.07) is 17.4. The van der Waals surface area contributed by atoms with E-state index >= 15 is 0 Å². The Balaban J connectivity index is 2.30. The Morgan fingerprint density at radius 3 is 2.38 bits per heavy atom. The van der Waals surface area contributed by atoms with E-state index in [0.717, 1.165) is 33.5 Å². The molecule has 0 fully saturated rings. The standard InChI is InChI=1S/C23H26N/c1-16(2)20-11-12-24(5)23(14-20)22-15-21(17(3)13-18(22)4)19-9-7-6-8-10-19/h6-16H,1-5H3/q+1/i3D3,16D. The molecule has 0 spiro atoms. The summed E-state index contributed by atoms with van der Waals surface area (Å²) < 4.78 is 34.4. The third-order valence-electron chi connectivity index (χ3n) is 4.45. The van der Waals surface area contributed by atoms with Gasteiger partial charge in [0.2, 0.25) is 5.69 Å². The highest BCUT2D eigenvalue weighted by Gasteiger charge is 2.17. The van der Waals surface area contributed by atoms with Crippen molar-refractivity contribution in [2.75, 3.05) is 0 Å². The summed E-state index contributed by atoms with van der Waals surface area (Å²) in [5.41, 5.74) is 5.72. The van der Waals surface area contributed by atoms with Crippen LogP contribution in [0.5, 0.6) is 0 Å². The lowest BCUT2D eigenvalue weighted by atomic mass is 9.92. The first-order chi connectivity index (χ1) is 13.0. The Morgan fingerprint density at radius 1 is 0.958 bits per heavy atom. The van der Waals surface area contributed by atoms with Crippen molar-refractivity contribution in [3.05, 3.63) is 77.5 Å². The van der Waals surface area contributed by atoms with Gasteiger partial charge < -0.3 is 0 Å². The molecule has 0 saturated heterocycles. The van der Waals surface area contributed by atoms with Crippen LogP contribution in [0.2, 0.25) is 0 Å². The fourth-order valence-corrected chi connectivity index (χ4v) is 2.99. The lowest BCUT2D eigenvalue weighted by Gasteiger charge is -2.13.